The number of nitrogens with one attached hydrogen (secondary N) is 1. The van der Waals surface area contributed by atoms with E-state index in [1.54, 1.807) is 23.1 Å². The second kappa shape index (κ2) is 13.0. The monoisotopic (exact) mass is 545 g/mol. The van der Waals surface area contributed by atoms with Gasteiger partial charge in [-0.3, -0.25) is 13.9 Å². The Bertz CT molecular complexity index is 1210. The Labute approximate surface area is 226 Å². The van der Waals surface area contributed by atoms with Crippen LogP contribution in [-0.4, -0.2) is 63.2 Å². The number of benzene rings is 2. The molecule has 0 bridgehead atoms. The van der Waals surface area contributed by atoms with E-state index in [1.165, 1.54) is 4.31 Å². The largest absolute Gasteiger partial charge is 0.486 e. The summed E-state index contributed by atoms with van der Waals surface area (Å²) in [4.78, 5) is 28.1. The standard InChI is InChI=1S/C28H39N3O6S/c1-6-24(28(33)29-20(2)3)30(19-22-11-9-21(4)10-12-22)27(32)8-7-15-31(38(5,34)35)23-13-14-25-26(18-23)37-17-16-36-25/h9-14,18,20,24H,6-8,15-17,19H2,1-5H3,(H,29,33)/t24-/m1/s1. The number of anilines is 1. The van der Waals surface area contributed by atoms with E-state index in [9.17, 15) is 18.0 Å². The Balaban J connectivity index is 1.76. The molecule has 10 heteroatoms. The fourth-order valence-corrected chi connectivity index (χ4v) is 5.34. The first-order chi connectivity index (χ1) is 18.0. The van der Waals surface area contributed by atoms with Crippen LogP contribution in [-0.2, 0) is 26.2 Å². The maximum absolute atomic E-state index is 13.5. The molecule has 2 amide bonds. The minimum atomic E-state index is -3.62. The SMILES string of the molecule is CC[C@H](C(=O)NC(C)C)N(Cc1ccc(C)cc1)C(=O)CCCN(c1ccc2c(c1)OCCO2)S(C)(=O)=O. The van der Waals surface area contributed by atoms with Crippen LogP contribution in [0.1, 0.15) is 51.2 Å². The van der Waals surface area contributed by atoms with Crippen molar-refractivity contribution < 1.29 is 27.5 Å². The van der Waals surface area contributed by atoms with Crippen LogP contribution in [0.25, 0.3) is 0 Å². The summed E-state index contributed by atoms with van der Waals surface area (Å²) < 4.78 is 37.7. The molecule has 0 radical (unpaired) electrons. The van der Waals surface area contributed by atoms with Crippen LogP contribution in [0, 0.1) is 6.92 Å². The molecule has 3 rings (SSSR count). The van der Waals surface area contributed by atoms with Crippen LogP contribution in [0.3, 0.4) is 0 Å². The highest BCUT2D eigenvalue weighted by molar-refractivity contribution is 7.92. The van der Waals surface area contributed by atoms with Crippen molar-refractivity contribution in [1.82, 2.24) is 10.2 Å². The van der Waals surface area contributed by atoms with Gasteiger partial charge < -0.3 is 19.7 Å². The molecule has 208 valence electrons. The number of carbonyl (C=O) groups is 2. The second-order valence-electron chi connectivity index (χ2n) is 9.86. The number of aryl methyl sites for hydroxylation is 1. The van der Waals surface area contributed by atoms with E-state index in [-0.39, 0.29) is 37.2 Å². The molecular weight excluding hydrogens is 506 g/mol. The molecule has 38 heavy (non-hydrogen) atoms. The Morgan fingerprint density at radius 2 is 1.68 bits per heavy atom. The molecule has 0 saturated carbocycles. The zero-order valence-corrected chi connectivity index (χ0v) is 23.7. The maximum Gasteiger partial charge on any atom is 0.243 e. The molecule has 0 aromatic heterocycles. The predicted octanol–water partition coefficient (Wildman–Crippen LogP) is 3.64. The number of ether oxygens (including phenoxy) is 2. The third kappa shape index (κ3) is 7.86. The van der Waals surface area contributed by atoms with Crippen molar-refractivity contribution >= 4 is 27.5 Å². The molecule has 9 nitrogen and oxygen atoms in total. The topological polar surface area (TPSA) is 105 Å². The highest BCUT2D eigenvalue weighted by Crippen LogP contribution is 2.34. The number of rotatable bonds is 12. The fraction of sp³-hybridized carbons (Fsp3) is 0.500. The number of amides is 2. The van der Waals surface area contributed by atoms with Gasteiger partial charge in [-0.25, -0.2) is 8.42 Å². The lowest BCUT2D eigenvalue weighted by atomic mass is 10.1. The summed E-state index contributed by atoms with van der Waals surface area (Å²) >= 11 is 0. The molecule has 0 aliphatic carbocycles. The molecule has 1 N–H and O–H groups in total. The smallest absolute Gasteiger partial charge is 0.243 e. The average Bonchev–Trinajstić information content (AvgIpc) is 2.86. The first-order valence-electron chi connectivity index (χ1n) is 13.0. The summed E-state index contributed by atoms with van der Waals surface area (Å²) in [5.74, 6) is 0.661. The highest BCUT2D eigenvalue weighted by atomic mass is 32.2. The van der Waals surface area contributed by atoms with Gasteiger partial charge in [0.25, 0.3) is 0 Å². The summed E-state index contributed by atoms with van der Waals surface area (Å²) in [7, 11) is -3.62. The number of fused-ring (bicyclic) bond motifs is 1. The molecule has 1 aliphatic rings. The molecule has 2 aromatic rings. The Morgan fingerprint density at radius 3 is 2.29 bits per heavy atom. The predicted molar refractivity (Wildman–Crippen MR) is 148 cm³/mol. The van der Waals surface area contributed by atoms with Crippen molar-refractivity contribution in [1.29, 1.82) is 0 Å². The second-order valence-corrected chi connectivity index (χ2v) is 11.8. The lowest BCUT2D eigenvalue weighted by Gasteiger charge is -2.31. The van der Waals surface area contributed by atoms with Crippen LogP contribution < -0.4 is 19.1 Å². The summed E-state index contributed by atoms with van der Waals surface area (Å²) in [6.45, 7) is 8.88. The van der Waals surface area contributed by atoms with Gasteiger partial charge in [0.15, 0.2) is 11.5 Å². The molecule has 1 atom stereocenters. The third-order valence-electron chi connectivity index (χ3n) is 6.26. The first-order valence-corrected chi connectivity index (χ1v) is 14.9. The van der Waals surface area contributed by atoms with Crippen molar-refractivity contribution in [3.8, 4) is 11.5 Å². The molecule has 0 fully saturated rings. The van der Waals surface area contributed by atoms with E-state index in [0.717, 1.165) is 17.4 Å². The Hall–Kier alpha value is -3.27. The van der Waals surface area contributed by atoms with Crippen molar-refractivity contribution in [3.63, 3.8) is 0 Å². The van der Waals surface area contributed by atoms with Gasteiger partial charge in [-0.2, -0.15) is 0 Å². The summed E-state index contributed by atoms with van der Waals surface area (Å²) in [5.41, 5.74) is 2.48. The maximum atomic E-state index is 13.5. The van der Waals surface area contributed by atoms with Gasteiger partial charge in [0.05, 0.1) is 11.9 Å². The minimum Gasteiger partial charge on any atom is -0.486 e. The van der Waals surface area contributed by atoms with Crippen LogP contribution >= 0.6 is 0 Å². The third-order valence-corrected chi connectivity index (χ3v) is 7.45. The highest BCUT2D eigenvalue weighted by Gasteiger charge is 2.29. The van der Waals surface area contributed by atoms with E-state index >= 15 is 0 Å². The van der Waals surface area contributed by atoms with E-state index in [0.29, 0.717) is 43.4 Å². The summed E-state index contributed by atoms with van der Waals surface area (Å²) in [6.07, 6.45) is 1.97. The van der Waals surface area contributed by atoms with Crippen molar-refractivity contribution in [2.24, 2.45) is 0 Å². The molecule has 0 saturated heterocycles. The molecule has 0 spiro atoms. The number of nitrogens with zero attached hydrogens (tertiary/aromatic N) is 2. The van der Waals surface area contributed by atoms with Crippen molar-refractivity contribution in [2.75, 3.05) is 30.3 Å². The molecular formula is C28H39N3O6S. The van der Waals surface area contributed by atoms with E-state index in [4.69, 9.17) is 9.47 Å². The van der Waals surface area contributed by atoms with Gasteiger partial charge in [0.1, 0.15) is 19.3 Å². The van der Waals surface area contributed by atoms with Crippen LogP contribution in [0.15, 0.2) is 42.5 Å². The molecule has 1 aliphatic heterocycles. The van der Waals surface area contributed by atoms with Gasteiger partial charge >= 0.3 is 0 Å². The van der Waals surface area contributed by atoms with E-state index < -0.39 is 16.1 Å². The summed E-state index contributed by atoms with van der Waals surface area (Å²) in [5, 5.41) is 2.92. The number of hydrogen-bond acceptors (Lipinski definition) is 6. The van der Waals surface area contributed by atoms with Crippen LogP contribution in [0.4, 0.5) is 5.69 Å². The van der Waals surface area contributed by atoms with Crippen LogP contribution in [0.5, 0.6) is 11.5 Å². The number of hydrogen-bond donors (Lipinski definition) is 1. The average molecular weight is 546 g/mol. The normalized spacial score (nSPS) is 13.6. The summed E-state index contributed by atoms with van der Waals surface area (Å²) in [6, 6.07) is 12.2. The van der Waals surface area contributed by atoms with Crippen LogP contribution in [0.2, 0.25) is 0 Å². The lowest BCUT2D eigenvalue weighted by Crippen LogP contribution is -2.50. The van der Waals surface area contributed by atoms with Gasteiger partial charge in [-0.15, -0.1) is 0 Å². The zero-order valence-electron chi connectivity index (χ0n) is 22.9. The van der Waals surface area contributed by atoms with Gasteiger partial charge in [-0.1, -0.05) is 36.8 Å². The molecule has 2 aromatic carbocycles. The van der Waals surface area contributed by atoms with Crippen molar-refractivity contribution in [2.45, 2.75) is 65.6 Å². The molecule has 0 unspecified atom stereocenters. The quantitative estimate of drug-likeness (QED) is 0.437. The minimum absolute atomic E-state index is 0.0535. The van der Waals surface area contributed by atoms with E-state index in [1.807, 2.05) is 52.0 Å². The number of sulfonamides is 1. The van der Waals surface area contributed by atoms with Gasteiger partial charge in [0, 0.05) is 31.6 Å². The Kier molecular flexibility index (Phi) is 10.0. The fourth-order valence-electron chi connectivity index (χ4n) is 4.38. The number of carbonyl (C=O) groups excluding carboxylic acids is 2. The van der Waals surface area contributed by atoms with Crippen molar-refractivity contribution in [3.05, 3.63) is 53.6 Å². The first kappa shape index (κ1) is 29.3. The van der Waals surface area contributed by atoms with Gasteiger partial charge in [0.2, 0.25) is 21.8 Å². The zero-order chi connectivity index (χ0) is 27.9. The lowest BCUT2D eigenvalue weighted by molar-refractivity contribution is -0.141. The van der Waals surface area contributed by atoms with E-state index in [2.05, 4.69) is 5.32 Å². The Morgan fingerprint density at radius 1 is 1.03 bits per heavy atom. The van der Waals surface area contributed by atoms with Gasteiger partial charge in [-0.05, 0) is 51.3 Å². The molecule has 1 heterocycles.